The topological polar surface area (TPSA) is 64.4 Å². The van der Waals surface area contributed by atoms with Crippen molar-refractivity contribution in [2.75, 3.05) is 13.2 Å². The number of halogens is 1. The van der Waals surface area contributed by atoms with Gasteiger partial charge >= 0.3 is 0 Å². The van der Waals surface area contributed by atoms with Crippen LogP contribution in [0.2, 0.25) is 0 Å². The van der Waals surface area contributed by atoms with E-state index < -0.39 is 5.41 Å². The molecule has 0 saturated carbocycles. The summed E-state index contributed by atoms with van der Waals surface area (Å²) >= 11 is 8.49. The Balaban J connectivity index is 2.02. The molecule has 0 unspecified atom stereocenters. The Bertz CT molecular complexity index is 498. The lowest BCUT2D eigenvalue weighted by Gasteiger charge is -2.34. The largest absolute Gasteiger partial charge is 0.392 e. The maximum Gasteiger partial charge on any atom is 0.233 e. The van der Waals surface area contributed by atoms with Crippen LogP contribution in [-0.2, 0) is 16.1 Å². The molecule has 0 aromatic heterocycles. The second-order valence-corrected chi connectivity index (χ2v) is 6.22. The van der Waals surface area contributed by atoms with E-state index in [9.17, 15) is 4.79 Å². The molecule has 1 aliphatic heterocycles. The van der Waals surface area contributed by atoms with Gasteiger partial charge in [-0.15, -0.1) is 0 Å². The fourth-order valence-corrected chi connectivity index (χ4v) is 2.82. The highest BCUT2D eigenvalue weighted by Gasteiger charge is 2.42. The zero-order valence-electron chi connectivity index (χ0n) is 11.0. The number of carbonyl (C=O) groups is 1. The molecule has 3 N–H and O–H groups in total. The van der Waals surface area contributed by atoms with Gasteiger partial charge in [-0.05, 0) is 30.5 Å². The minimum atomic E-state index is -0.761. The summed E-state index contributed by atoms with van der Waals surface area (Å²) in [6.07, 6.45) is 1.10. The van der Waals surface area contributed by atoms with E-state index in [2.05, 4.69) is 21.2 Å². The quantitative estimate of drug-likeness (QED) is 0.811. The van der Waals surface area contributed by atoms with Crippen LogP contribution >= 0.6 is 28.1 Å². The van der Waals surface area contributed by atoms with E-state index in [1.807, 2.05) is 24.3 Å². The van der Waals surface area contributed by atoms with Crippen molar-refractivity contribution in [1.29, 1.82) is 0 Å². The highest BCUT2D eigenvalue weighted by atomic mass is 79.9. The van der Waals surface area contributed by atoms with Crippen LogP contribution in [0.4, 0.5) is 0 Å². The monoisotopic (exact) mass is 356 g/mol. The van der Waals surface area contributed by atoms with Crippen molar-refractivity contribution in [2.24, 2.45) is 11.1 Å². The predicted molar refractivity (Wildman–Crippen MR) is 85.3 cm³/mol. The third-order valence-electron chi connectivity index (χ3n) is 3.62. The van der Waals surface area contributed by atoms with Crippen molar-refractivity contribution in [3.05, 3.63) is 34.3 Å². The second-order valence-electron chi connectivity index (χ2n) is 4.87. The van der Waals surface area contributed by atoms with Crippen LogP contribution in [0.25, 0.3) is 0 Å². The number of hydrogen-bond acceptors (Lipinski definition) is 3. The first kappa shape index (κ1) is 15.4. The van der Waals surface area contributed by atoms with E-state index in [-0.39, 0.29) is 10.9 Å². The van der Waals surface area contributed by atoms with Crippen molar-refractivity contribution in [3.63, 3.8) is 0 Å². The molecule has 1 saturated heterocycles. The number of carbonyl (C=O) groups excluding carboxylic acids is 1. The van der Waals surface area contributed by atoms with Gasteiger partial charge < -0.3 is 15.8 Å². The van der Waals surface area contributed by atoms with Crippen LogP contribution in [-0.4, -0.2) is 24.1 Å². The van der Waals surface area contributed by atoms with Crippen LogP contribution in [0.3, 0.4) is 0 Å². The Morgan fingerprint density at radius 2 is 1.95 bits per heavy atom. The number of ether oxygens (including phenoxy) is 1. The molecule has 0 bridgehead atoms. The van der Waals surface area contributed by atoms with Crippen LogP contribution in [0.5, 0.6) is 0 Å². The minimum absolute atomic E-state index is 0.101. The van der Waals surface area contributed by atoms with E-state index >= 15 is 0 Å². The Hall–Kier alpha value is -0.980. The highest BCUT2D eigenvalue weighted by Crippen LogP contribution is 2.31. The molecule has 4 nitrogen and oxygen atoms in total. The van der Waals surface area contributed by atoms with E-state index in [0.717, 1.165) is 10.0 Å². The molecule has 0 radical (unpaired) electrons. The van der Waals surface area contributed by atoms with Crippen molar-refractivity contribution in [2.45, 2.75) is 19.4 Å². The summed E-state index contributed by atoms with van der Waals surface area (Å²) in [5, 5.41) is 2.93. The van der Waals surface area contributed by atoms with Crippen molar-refractivity contribution in [3.8, 4) is 0 Å². The second kappa shape index (κ2) is 6.65. The van der Waals surface area contributed by atoms with Gasteiger partial charge in [0.25, 0.3) is 0 Å². The number of rotatable bonds is 4. The Morgan fingerprint density at radius 3 is 2.50 bits per heavy atom. The molecule has 6 heteroatoms. The number of thiocarbonyl (C=S) groups is 1. The molecule has 0 spiro atoms. The van der Waals surface area contributed by atoms with E-state index in [4.69, 9.17) is 22.7 Å². The molecule has 1 amide bonds. The summed E-state index contributed by atoms with van der Waals surface area (Å²) in [5.41, 5.74) is 6.07. The lowest BCUT2D eigenvalue weighted by molar-refractivity contribution is -0.131. The van der Waals surface area contributed by atoms with Gasteiger partial charge in [-0.2, -0.15) is 0 Å². The Kier molecular flexibility index (Phi) is 5.12. The summed E-state index contributed by atoms with van der Waals surface area (Å²) in [6.45, 7) is 1.50. The highest BCUT2D eigenvalue weighted by molar-refractivity contribution is 9.10. The van der Waals surface area contributed by atoms with Gasteiger partial charge in [0.2, 0.25) is 5.91 Å². The first-order chi connectivity index (χ1) is 9.54. The minimum Gasteiger partial charge on any atom is -0.392 e. The van der Waals surface area contributed by atoms with Gasteiger partial charge in [0.1, 0.15) is 5.41 Å². The van der Waals surface area contributed by atoms with Gasteiger partial charge in [-0.3, -0.25) is 4.79 Å². The van der Waals surface area contributed by atoms with Gasteiger partial charge in [-0.25, -0.2) is 0 Å². The van der Waals surface area contributed by atoms with Crippen LogP contribution < -0.4 is 11.1 Å². The zero-order chi connectivity index (χ0) is 14.6. The first-order valence-electron chi connectivity index (χ1n) is 6.45. The summed E-state index contributed by atoms with van der Waals surface area (Å²) in [5.74, 6) is -0.101. The number of nitrogens with one attached hydrogen (secondary N) is 1. The molecule has 20 heavy (non-hydrogen) atoms. The zero-order valence-corrected chi connectivity index (χ0v) is 13.4. The van der Waals surface area contributed by atoms with E-state index in [1.54, 1.807) is 0 Å². The SMILES string of the molecule is NC(=S)C1(C(=O)NCc2ccc(Br)cc2)CCOCC1. The average molecular weight is 357 g/mol. The summed E-state index contributed by atoms with van der Waals surface area (Å²) in [7, 11) is 0. The van der Waals surface area contributed by atoms with Gasteiger partial charge in [0, 0.05) is 24.2 Å². The molecule has 1 fully saturated rings. The predicted octanol–water partition coefficient (Wildman–Crippen LogP) is 2.15. The summed E-state index contributed by atoms with van der Waals surface area (Å²) in [6, 6.07) is 7.81. The van der Waals surface area contributed by atoms with Crippen LogP contribution in [0.1, 0.15) is 18.4 Å². The average Bonchev–Trinajstić information content (AvgIpc) is 2.47. The lowest BCUT2D eigenvalue weighted by Crippen LogP contribution is -2.51. The smallest absolute Gasteiger partial charge is 0.233 e. The van der Waals surface area contributed by atoms with Crippen molar-refractivity contribution >= 4 is 39.0 Å². The molecule has 1 aromatic carbocycles. The number of amides is 1. The first-order valence-corrected chi connectivity index (χ1v) is 7.65. The summed E-state index contributed by atoms with van der Waals surface area (Å²) in [4.78, 5) is 12.7. The fraction of sp³-hybridized carbons (Fsp3) is 0.429. The van der Waals surface area contributed by atoms with Crippen LogP contribution in [0.15, 0.2) is 28.7 Å². The molecule has 2 rings (SSSR count). The Labute approximate surface area is 132 Å². The van der Waals surface area contributed by atoms with E-state index in [1.165, 1.54) is 0 Å². The third-order valence-corrected chi connectivity index (χ3v) is 4.54. The molecule has 0 atom stereocenters. The van der Waals surface area contributed by atoms with Gasteiger partial charge in [0.05, 0.1) is 4.99 Å². The van der Waals surface area contributed by atoms with Gasteiger partial charge in [-0.1, -0.05) is 40.3 Å². The number of benzene rings is 1. The number of nitrogens with two attached hydrogens (primary N) is 1. The summed E-state index contributed by atoms with van der Waals surface area (Å²) < 4.78 is 6.31. The lowest BCUT2D eigenvalue weighted by atomic mass is 9.79. The van der Waals surface area contributed by atoms with Crippen LogP contribution in [0, 0.1) is 5.41 Å². The molecule has 0 aliphatic carbocycles. The third kappa shape index (κ3) is 3.37. The molecular formula is C14H17BrN2O2S. The molecule has 108 valence electrons. The standard InChI is InChI=1S/C14H17BrN2O2S/c15-11-3-1-10(2-4-11)9-17-13(18)14(12(16)20)5-7-19-8-6-14/h1-4H,5-9H2,(H2,16,20)(H,17,18). The number of hydrogen-bond donors (Lipinski definition) is 2. The maximum absolute atomic E-state index is 12.5. The fourth-order valence-electron chi connectivity index (χ4n) is 2.26. The normalized spacial score (nSPS) is 17.4. The Morgan fingerprint density at radius 1 is 1.35 bits per heavy atom. The van der Waals surface area contributed by atoms with Crippen molar-refractivity contribution < 1.29 is 9.53 Å². The molecular weight excluding hydrogens is 340 g/mol. The molecule has 1 aliphatic rings. The molecule has 1 heterocycles. The molecule has 1 aromatic rings. The van der Waals surface area contributed by atoms with E-state index in [0.29, 0.717) is 32.6 Å². The maximum atomic E-state index is 12.5. The van der Waals surface area contributed by atoms with Gasteiger partial charge in [0.15, 0.2) is 0 Å². The van der Waals surface area contributed by atoms with Crippen molar-refractivity contribution in [1.82, 2.24) is 5.32 Å².